The van der Waals surface area contributed by atoms with Crippen LogP contribution in [0.1, 0.15) is 11.1 Å². The van der Waals surface area contributed by atoms with E-state index in [1.807, 2.05) is 0 Å². The predicted octanol–water partition coefficient (Wildman–Crippen LogP) is 5.76. The average Bonchev–Trinajstić information content (AvgIpc) is 3.11. The molecule has 0 unspecified atom stereocenters. The summed E-state index contributed by atoms with van der Waals surface area (Å²) in [7, 11) is -18.4. The third-order valence-electron chi connectivity index (χ3n) is 8.51. The van der Waals surface area contributed by atoms with Crippen molar-refractivity contribution >= 4 is 90.6 Å². The Morgan fingerprint density at radius 2 is 0.839 bits per heavy atom. The van der Waals surface area contributed by atoms with Gasteiger partial charge in [0.05, 0.1) is 21.2 Å². The minimum absolute atomic E-state index is 0.00598. The Hall–Kier alpha value is -5.97. The molecule has 0 aliphatic heterocycles. The normalized spacial score (nSPS) is 12.4. The van der Waals surface area contributed by atoms with Gasteiger partial charge in [0.2, 0.25) is 0 Å². The minimum atomic E-state index is -4.77. The molecule has 6 aromatic carbocycles. The molecule has 17 nitrogen and oxygen atoms in total. The number of nitrogens with one attached hydrogen (secondary N) is 4. The number of phenols is 2. The lowest BCUT2D eigenvalue weighted by molar-refractivity contribution is 0.262. The summed E-state index contributed by atoms with van der Waals surface area (Å²) in [6.45, 7) is 3.02. The van der Waals surface area contributed by atoms with Crippen molar-refractivity contribution in [3.63, 3.8) is 0 Å². The number of hydrogen-bond acceptors (Lipinski definition) is 11. The van der Waals surface area contributed by atoms with Crippen LogP contribution in [0.25, 0.3) is 21.5 Å². The van der Waals surface area contributed by atoms with Crippen molar-refractivity contribution in [2.24, 2.45) is 0 Å². The molecular formula is C35H30N4O13S4. The molecule has 0 spiro atoms. The molecule has 0 aromatic heterocycles. The molecule has 8 N–H and O–H groups in total. The van der Waals surface area contributed by atoms with Crippen LogP contribution in [-0.4, -0.2) is 59.0 Å². The van der Waals surface area contributed by atoms with Crippen LogP contribution in [0, 0.1) is 13.8 Å². The van der Waals surface area contributed by atoms with Crippen molar-refractivity contribution in [3.05, 3.63) is 108 Å². The number of aryl methyl sites for hydroxylation is 2. The van der Waals surface area contributed by atoms with Crippen LogP contribution in [0.3, 0.4) is 0 Å². The highest BCUT2D eigenvalue weighted by molar-refractivity contribution is 7.93. The lowest BCUT2D eigenvalue weighted by atomic mass is 10.1. The van der Waals surface area contributed by atoms with Gasteiger partial charge in [-0.05, 0) is 61.4 Å². The molecule has 0 radical (unpaired) electrons. The van der Waals surface area contributed by atoms with Crippen molar-refractivity contribution in [1.29, 1.82) is 0 Å². The molecule has 292 valence electrons. The fraction of sp³-hybridized carbons (Fsp3) is 0.0571. The van der Waals surface area contributed by atoms with Crippen LogP contribution in [0.2, 0.25) is 0 Å². The number of aromatic hydroxyl groups is 2. The number of rotatable bonds is 10. The van der Waals surface area contributed by atoms with Gasteiger partial charge in [0.1, 0.15) is 21.3 Å². The molecule has 0 bridgehead atoms. The Morgan fingerprint density at radius 1 is 0.500 bits per heavy atom. The first kappa shape index (κ1) is 39.7. The highest BCUT2D eigenvalue weighted by atomic mass is 32.2. The number of fused-ring (bicyclic) bond motifs is 2. The van der Waals surface area contributed by atoms with Gasteiger partial charge in [-0.2, -0.15) is 16.8 Å². The number of carbonyl (C=O) groups is 1. The quantitative estimate of drug-likeness (QED) is 0.0602. The molecule has 6 aromatic rings. The highest BCUT2D eigenvalue weighted by Gasteiger charge is 2.26. The number of urea groups is 1. The van der Waals surface area contributed by atoms with Crippen LogP contribution in [0.4, 0.5) is 27.5 Å². The second-order valence-corrected chi connectivity index (χ2v) is 18.5. The zero-order valence-corrected chi connectivity index (χ0v) is 32.1. The summed E-state index contributed by atoms with van der Waals surface area (Å²) >= 11 is 0. The summed E-state index contributed by atoms with van der Waals surface area (Å²) < 4.78 is 125. The Kier molecular flexibility index (Phi) is 10.1. The molecule has 56 heavy (non-hydrogen) atoms. The number of phenolic OH excluding ortho intramolecular Hbond substituents is 2. The van der Waals surface area contributed by atoms with E-state index in [1.54, 1.807) is 0 Å². The van der Waals surface area contributed by atoms with Crippen molar-refractivity contribution in [1.82, 2.24) is 0 Å². The molecule has 0 aliphatic carbocycles. The van der Waals surface area contributed by atoms with Crippen LogP contribution in [0.15, 0.2) is 117 Å². The molecule has 2 amide bonds. The molecule has 0 saturated carbocycles. The first-order valence-electron chi connectivity index (χ1n) is 15.9. The Bertz CT molecular complexity index is 2880. The largest absolute Gasteiger partial charge is 0.506 e. The molecule has 0 aliphatic rings. The molecule has 21 heteroatoms. The van der Waals surface area contributed by atoms with E-state index in [-0.39, 0.29) is 54.1 Å². The average molecular weight is 843 g/mol. The van der Waals surface area contributed by atoms with Gasteiger partial charge in [-0.3, -0.25) is 18.5 Å². The zero-order chi connectivity index (χ0) is 41.0. The first-order valence-corrected chi connectivity index (χ1v) is 21.7. The molecular weight excluding hydrogens is 813 g/mol. The Balaban J connectivity index is 1.18. The van der Waals surface area contributed by atoms with Crippen LogP contribution >= 0.6 is 0 Å². The van der Waals surface area contributed by atoms with Crippen LogP contribution in [0.5, 0.6) is 11.5 Å². The number of sulfonamides is 2. The van der Waals surface area contributed by atoms with Crippen LogP contribution in [-0.2, 0) is 40.3 Å². The Labute approximate surface area is 320 Å². The standard InChI is InChI=1S/C35H30N4O13S4/c1-19-15-21(53(43,44)38-33-25-9-5-3-7-23(25)31(17-29(33)40)55(47,48)49)11-13-27(19)36-35(42)37-28-14-12-22(16-20(28)2)54(45,46)39-34-26-10-6-4-8-24(26)32(18-30(34)41)56(50,51)52/h3-18,38-41H,1-2H3,(H2,36,37,42)(H,47,48,49)(H,50,51,52). The monoisotopic (exact) mass is 842 g/mol. The molecule has 0 fully saturated rings. The topological polar surface area (TPSA) is 283 Å². The maximum atomic E-state index is 13.4. The van der Waals surface area contributed by atoms with Gasteiger partial charge in [-0.1, -0.05) is 48.5 Å². The van der Waals surface area contributed by atoms with E-state index in [0.717, 1.165) is 12.1 Å². The third-order valence-corrected chi connectivity index (χ3v) is 13.0. The molecule has 0 saturated heterocycles. The predicted molar refractivity (Wildman–Crippen MR) is 207 cm³/mol. The van der Waals surface area contributed by atoms with Gasteiger partial charge in [0.25, 0.3) is 40.3 Å². The van der Waals surface area contributed by atoms with Gasteiger partial charge < -0.3 is 20.8 Å². The van der Waals surface area contributed by atoms with E-state index >= 15 is 0 Å². The van der Waals surface area contributed by atoms with E-state index in [4.69, 9.17) is 0 Å². The van der Waals surface area contributed by atoms with Gasteiger partial charge in [-0.25, -0.2) is 21.6 Å². The summed E-state index contributed by atoms with van der Waals surface area (Å²) in [4.78, 5) is 11.2. The second kappa shape index (κ2) is 14.3. The first-order chi connectivity index (χ1) is 26.1. The van der Waals surface area contributed by atoms with Crippen molar-refractivity contribution in [3.8, 4) is 11.5 Å². The number of anilines is 4. The highest BCUT2D eigenvalue weighted by Crippen LogP contribution is 2.40. The summed E-state index contributed by atoms with van der Waals surface area (Å²) in [5.74, 6) is -1.52. The minimum Gasteiger partial charge on any atom is -0.506 e. The fourth-order valence-corrected chi connectivity index (χ4v) is 9.64. The summed E-state index contributed by atoms with van der Waals surface area (Å²) in [6, 6.07) is 19.3. The number of carbonyl (C=O) groups excluding carboxylic acids is 1. The van der Waals surface area contributed by atoms with E-state index < -0.39 is 67.6 Å². The maximum Gasteiger partial charge on any atom is 0.323 e. The molecule has 6 rings (SSSR count). The van der Waals surface area contributed by atoms with E-state index in [1.165, 1.54) is 98.8 Å². The van der Waals surface area contributed by atoms with Crippen molar-refractivity contribution < 1.29 is 57.8 Å². The van der Waals surface area contributed by atoms with Crippen molar-refractivity contribution in [2.75, 3.05) is 20.1 Å². The molecule has 0 atom stereocenters. The SMILES string of the molecule is Cc1cc(S(=O)(=O)Nc2c(O)cc(S(=O)(=O)O)c3ccccc23)ccc1NC(=O)Nc1ccc(S(=O)(=O)Nc2c(O)cc(S(=O)(=O)O)c3ccccc23)cc1C. The summed E-state index contributed by atoms with van der Waals surface area (Å²) in [5.41, 5.74) is 0.309. The number of amides is 2. The smallest absolute Gasteiger partial charge is 0.323 e. The molecule has 0 heterocycles. The number of benzene rings is 6. The zero-order valence-electron chi connectivity index (χ0n) is 28.8. The second-order valence-electron chi connectivity index (χ2n) is 12.3. The maximum absolute atomic E-state index is 13.4. The van der Waals surface area contributed by atoms with E-state index in [0.29, 0.717) is 11.1 Å². The number of hydrogen-bond donors (Lipinski definition) is 8. The van der Waals surface area contributed by atoms with Crippen molar-refractivity contribution in [2.45, 2.75) is 33.4 Å². The van der Waals surface area contributed by atoms with Gasteiger partial charge in [-0.15, -0.1) is 0 Å². The lowest BCUT2D eigenvalue weighted by Gasteiger charge is -2.16. The Morgan fingerprint density at radius 3 is 1.16 bits per heavy atom. The van der Waals surface area contributed by atoms with E-state index in [9.17, 15) is 57.8 Å². The summed E-state index contributed by atoms with van der Waals surface area (Å²) in [6.07, 6.45) is 0. The van der Waals surface area contributed by atoms with E-state index in [2.05, 4.69) is 20.1 Å². The van der Waals surface area contributed by atoms with Gasteiger partial charge >= 0.3 is 6.03 Å². The third kappa shape index (κ3) is 7.89. The lowest BCUT2D eigenvalue weighted by Crippen LogP contribution is -2.21. The fourth-order valence-electron chi connectivity index (χ4n) is 5.85. The summed E-state index contributed by atoms with van der Waals surface area (Å²) in [5, 5.41) is 26.2. The van der Waals surface area contributed by atoms with Gasteiger partial charge in [0.15, 0.2) is 0 Å². The van der Waals surface area contributed by atoms with Crippen LogP contribution < -0.4 is 20.1 Å². The van der Waals surface area contributed by atoms with Gasteiger partial charge in [0, 0.05) is 45.1 Å².